The van der Waals surface area contributed by atoms with Gasteiger partial charge in [0.1, 0.15) is 5.82 Å². The second-order valence-corrected chi connectivity index (χ2v) is 4.31. The predicted molar refractivity (Wildman–Crippen MR) is 55.5 cm³/mol. The van der Waals surface area contributed by atoms with Crippen molar-refractivity contribution in [1.82, 2.24) is 0 Å². The summed E-state index contributed by atoms with van der Waals surface area (Å²) in [7, 11) is 0. The summed E-state index contributed by atoms with van der Waals surface area (Å²) in [5, 5.41) is 0. The van der Waals surface area contributed by atoms with E-state index < -0.39 is 0 Å². The SMILES string of the molecule is NC1(CCCc2ccccc2F)CC1. The number of halogens is 1. The van der Waals surface area contributed by atoms with Gasteiger partial charge >= 0.3 is 0 Å². The van der Waals surface area contributed by atoms with Gasteiger partial charge in [0.15, 0.2) is 0 Å². The molecule has 2 heteroatoms. The van der Waals surface area contributed by atoms with Crippen molar-refractivity contribution in [3.8, 4) is 0 Å². The highest BCUT2D eigenvalue weighted by Crippen LogP contribution is 2.36. The van der Waals surface area contributed by atoms with Crippen molar-refractivity contribution in [3.05, 3.63) is 35.6 Å². The molecule has 1 aromatic carbocycles. The number of benzene rings is 1. The van der Waals surface area contributed by atoms with Crippen LogP contribution in [0.4, 0.5) is 4.39 Å². The molecule has 0 unspecified atom stereocenters. The van der Waals surface area contributed by atoms with Crippen LogP contribution in [0, 0.1) is 5.82 Å². The van der Waals surface area contributed by atoms with Crippen LogP contribution in [-0.2, 0) is 6.42 Å². The van der Waals surface area contributed by atoms with E-state index in [9.17, 15) is 4.39 Å². The summed E-state index contributed by atoms with van der Waals surface area (Å²) < 4.78 is 13.2. The third-order valence-corrected chi connectivity index (χ3v) is 2.97. The van der Waals surface area contributed by atoms with Gasteiger partial charge in [-0.1, -0.05) is 18.2 Å². The van der Waals surface area contributed by atoms with Gasteiger partial charge in [0.25, 0.3) is 0 Å². The Morgan fingerprint density at radius 2 is 2.00 bits per heavy atom. The number of hydrogen-bond donors (Lipinski definition) is 1. The van der Waals surface area contributed by atoms with Gasteiger partial charge in [-0.05, 0) is 43.7 Å². The standard InChI is InChI=1S/C12H16FN/c13-11-6-2-1-4-10(11)5-3-7-12(14)8-9-12/h1-2,4,6H,3,5,7-9,14H2. The molecule has 0 spiro atoms. The molecule has 0 heterocycles. The van der Waals surface area contributed by atoms with Crippen LogP contribution in [0.3, 0.4) is 0 Å². The van der Waals surface area contributed by atoms with E-state index in [1.54, 1.807) is 6.07 Å². The van der Waals surface area contributed by atoms with Crippen LogP contribution >= 0.6 is 0 Å². The predicted octanol–water partition coefficient (Wildman–Crippen LogP) is 2.64. The Morgan fingerprint density at radius 3 is 2.64 bits per heavy atom. The van der Waals surface area contributed by atoms with Gasteiger partial charge in [0.05, 0.1) is 0 Å². The topological polar surface area (TPSA) is 26.0 Å². The lowest BCUT2D eigenvalue weighted by atomic mass is 10.0. The fraction of sp³-hybridized carbons (Fsp3) is 0.500. The van der Waals surface area contributed by atoms with E-state index in [0.717, 1.165) is 37.7 Å². The van der Waals surface area contributed by atoms with Crippen molar-refractivity contribution in [1.29, 1.82) is 0 Å². The number of rotatable bonds is 4. The first-order valence-corrected chi connectivity index (χ1v) is 5.22. The molecule has 1 aliphatic carbocycles. The molecule has 1 fully saturated rings. The van der Waals surface area contributed by atoms with E-state index in [2.05, 4.69) is 0 Å². The molecule has 76 valence electrons. The minimum Gasteiger partial charge on any atom is -0.325 e. The van der Waals surface area contributed by atoms with Crippen molar-refractivity contribution in [3.63, 3.8) is 0 Å². The van der Waals surface area contributed by atoms with Gasteiger partial charge < -0.3 is 5.73 Å². The lowest BCUT2D eigenvalue weighted by molar-refractivity contribution is 0.557. The van der Waals surface area contributed by atoms with Gasteiger partial charge in [0.2, 0.25) is 0 Å². The van der Waals surface area contributed by atoms with Crippen molar-refractivity contribution in [2.24, 2.45) is 5.73 Å². The minimum absolute atomic E-state index is 0.0885. The first-order valence-electron chi connectivity index (χ1n) is 5.22. The number of aryl methyl sites for hydroxylation is 1. The zero-order valence-corrected chi connectivity index (χ0v) is 8.30. The lowest BCUT2D eigenvalue weighted by Gasteiger charge is -2.08. The van der Waals surface area contributed by atoms with Gasteiger partial charge in [-0.25, -0.2) is 4.39 Å². The van der Waals surface area contributed by atoms with Crippen molar-refractivity contribution in [2.75, 3.05) is 0 Å². The zero-order valence-electron chi connectivity index (χ0n) is 8.30. The summed E-state index contributed by atoms with van der Waals surface area (Å²) in [5.74, 6) is -0.0885. The van der Waals surface area contributed by atoms with Crippen LogP contribution in [0.1, 0.15) is 31.2 Å². The Hall–Kier alpha value is -0.890. The van der Waals surface area contributed by atoms with Crippen LogP contribution in [0.5, 0.6) is 0 Å². The molecule has 2 N–H and O–H groups in total. The summed E-state index contributed by atoms with van der Waals surface area (Å²) in [6.45, 7) is 0. The Labute approximate surface area is 84.1 Å². The van der Waals surface area contributed by atoms with Gasteiger partial charge in [-0.15, -0.1) is 0 Å². The third-order valence-electron chi connectivity index (χ3n) is 2.97. The van der Waals surface area contributed by atoms with Crippen molar-refractivity contribution in [2.45, 2.75) is 37.6 Å². The number of hydrogen-bond acceptors (Lipinski definition) is 1. The quantitative estimate of drug-likeness (QED) is 0.781. The molecule has 1 saturated carbocycles. The maximum absolute atomic E-state index is 13.2. The first kappa shape index (κ1) is 9.66. The molecule has 1 nitrogen and oxygen atoms in total. The molecule has 0 amide bonds. The Kier molecular flexibility index (Phi) is 2.55. The van der Waals surface area contributed by atoms with E-state index in [4.69, 9.17) is 5.73 Å². The second kappa shape index (κ2) is 3.70. The van der Waals surface area contributed by atoms with E-state index >= 15 is 0 Å². The average molecular weight is 193 g/mol. The van der Waals surface area contributed by atoms with E-state index in [0.29, 0.717) is 0 Å². The molecule has 1 aromatic rings. The maximum Gasteiger partial charge on any atom is 0.126 e. The molecule has 0 radical (unpaired) electrons. The first-order chi connectivity index (χ1) is 6.70. The van der Waals surface area contributed by atoms with Gasteiger partial charge in [-0.3, -0.25) is 0 Å². The largest absolute Gasteiger partial charge is 0.325 e. The van der Waals surface area contributed by atoms with Gasteiger partial charge in [-0.2, -0.15) is 0 Å². The van der Waals surface area contributed by atoms with Crippen LogP contribution in [-0.4, -0.2) is 5.54 Å². The normalized spacial score (nSPS) is 18.1. The minimum atomic E-state index is -0.0885. The van der Waals surface area contributed by atoms with Gasteiger partial charge in [0, 0.05) is 5.54 Å². The van der Waals surface area contributed by atoms with Crippen LogP contribution < -0.4 is 5.73 Å². The highest BCUT2D eigenvalue weighted by Gasteiger charge is 2.36. The molecule has 0 aliphatic heterocycles. The monoisotopic (exact) mass is 193 g/mol. The molecule has 0 saturated heterocycles. The lowest BCUT2D eigenvalue weighted by Crippen LogP contribution is -2.21. The summed E-state index contributed by atoms with van der Waals surface area (Å²) >= 11 is 0. The third kappa shape index (κ3) is 2.32. The molecule has 1 aliphatic rings. The zero-order chi connectivity index (χ0) is 10.0. The molecular weight excluding hydrogens is 177 g/mol. The van der Waals surface area contributed by atoms with Crippen LogP contribution in [0.15, 0.2) is 24.3 Å². The molecule has 0 aromatic heterocycles. The molecule has 0 bridgehead atoms. The maximum atomic E-state index is 13.2. The Morgan fingerprint density at radius 1 is 1.29 bits per heavy atom. The highest BCUT2D eigenvalue weighted by molar-refractivity contribution is 5.17. The number of nitrogens with two attached hydrogens (primary N) is 1. The second-order valence-electron chi connectivity index (χ2n) is 4.31. The van der Waals surface area contributed by atoms with E-state index in [1.165, 1.54) is 6.07 Å². The fourth-order valence-electron chi connectivity index (χ4n) is 1.74. The van der Waals surface area contributed by atoms with Crippen molar-refractivity contribution >= 4 is 0 Å². The van der Waals surface area contributed by atoms with Crippen molar-refractivity contribution < 1.29 is 4.39 Å². The fourth-order valence-corrected chi connectivity index (χ4v) is 1.74. The summed E-state index contributed by atoms with van der Waals surface area (Å²) in [4.78, 5) is 0. The summed E-state index contributed by atoms with van der Waals surface area (Å²) in [6.07, 6.45) is 5.12. The molecular formula is C12H16FN. The highest BCUT2D eigenvalue weighted by atomic mass is 19.1. The van der Waals surface area contributed by atoms with Crippen LogP contribution in [0.25, 0.3) is 0 Å². The summed E-state index contributed by atoms with van der Waals surface area (Å²) in [5.41, 5.74) is 6.87. The molecule has 14 heavy (non-hydrogen) atoms. The van der Waals surface area contributed by atoms with Crippen LogP contribution in [0.2, 0.25) is 0 Å². The summed E-state index contributed by atoms with van der Waals surface area (Å²) in [6, 6.07) is 6.98. The smallest absolute Gasteiger partial charge is 0.126 e. The Balaban J connectivity index is 1.83. The molecule has 2 rings (SSSR count). The van der Waals surface area contributed by atoms with E-state index in [-0.39, 0.29) is 11.4 Å². The Bertz CT molecular complexity index is 318. The molecule has 0 atom stereocenters. The average Bonchev–Trinajstić information content (AvgIpc) is 2.88. The van der Waals surface area contributed by atoms with E-state index in [1.807, 2.05) is 12.1 Å².